The highest BCUT2D eigenvalue weighted by molar-refractivity contribution is 5.75. The second-order valence-electron chi connectivity index (χ2n) is 7.06. The van der Waals surface area contributed by atoms with Gasteiger partial charge in [0.15, 0.2) is 0 Å². The Morgan fingerprint density at radius 3 is 2.92 bits per heavy atom. The fourth-order valence-electron chi connectivity index (χ4n) is 3.35. The first-order valence-corrected chi connectivity index (χ1v) is 9.17. The summed E-state index contributed by atoms with van der Waals surface area (Å²) in [4.78, 5) is 9.03. The van der Waals surface area contributed by atoms with Gasteiger partial charge in [-0.3, -0.25) is 0 Å². The molecule has 2 aromatic heterocycles. The number of para-hydroxylation sites is 2. The highest BCUT2D eigenvalue weighted by Crippen LogP contribution is 2.33. The van der Waals surface area contributed by atoms with Crippen molar-refractivity contribution in [3.05, 3.63) is 66.3 Å². The molecular formula is C21H20N4O. The van der Waals surface area contributed by atoms with Crippen LogP contribution in [0.1, 0.15) is 30.7 Å². The summed E-state index contributed by atoms with van der Waals surface area (Å²) in [7, 11) is 0. The van der Waals surface area contributed by atoms with E-state index in [1.807, 2.05) is 36.7 Å². The Kier molecular flexibility index (Phi) is 3.77. The van der Waals surface area contributed by atoms with Crippen LogP contribution in [0.2, 0.25) is 0 Å². The average Bonchev–Trinajstić information content (AvgIpc) is 3.24. The number of hydrogen-bond acceptors (Lipinski definition) is 4. The summed E-state index contributed by atoms with van der Waals surface area (Å²) in [5.74, 6) is 2.30. The van der Waals surface area contributed by atoms with E-state index in [1.54, 1.807) is 0 Å². The van der Waals surface area contributed by atoms with Crippen LogP contribution in [-0.4, -0.2) is 19.7 Å². The van der Waals surface area contributed by atoms with Gasteiger partial charge in [0.1, 0.15) is 0 Å². The molecule has 26 heavy (non-hydrogen) atoms. The van der Waals surface area contributed by atoms with E-state index >= 15 is 0 Å². The van der Waals surface area contributed by atoms with Crippen LogP contribution < -0.4 is 0 Å². The van der Waals surface area contributed by atoms with Gasteiger partial charge in [-0.25, -0.2) is 4.98 Å². The highest BCUT2D eigenvalue weighted by Gasteiger charge is 2.22. The van der Waals surface area contributed by atoms with Crippen LogP contribution >= 0.6 is 0 Å². The van der Waals surface area contributed by atoms with Crippen LogP contribution in [0.25, 0.3) is 22.4 Å². The van der Waals surface area contributed by atoms with Crippen molar-refractivity contribution in [2.45, 2.75) is 32.2 Å². The molecule has 1 saturated carbocycles. The summed E-state index contributed by atoms with van der Waals surface area (Å²) in [5, 5.41) is 4.17. The van der Waals surface area contributed by atoms with Gasteiger partial charge in [0, 0.05) is 18.5 Å². The Morgan fingerprint density at radius 1 is 1.08 bits per heavy atom. The van der Waals surface area contributed by atoms with Gasteiger partial charge in [0.05, 0.1) is 17.4 Å². The first-order valence-electron chi connectivity index (χ1n) is 9.17. The number of fused-ring (bicyclic) bond motifs is 1. The molecule has 0 bridgehead atoms. The highest BCUT2D eigenvalue weighted by atomic mass is 16.5. The molecule has 130 valence electrons. The second kappa shape index (κ2) is 6.41. The molecule has 1 fully saturated rings. The lowest BCUT2D eigenvalue weighted by Gasteiger charge is -2.05. The van der Waals surface area contributed by atoms with Gasteiger partial charge in [0.25, 0.3) is 0 Å². The fourth-order valence-corrected chi connectivity index (χ4v) is 3.35. The number of hydrogen-bond donors (Lipinski definition) is 0. The predicted molar refractivity (Wildman–Crippen MR) is 99.6 cm³/mol. The van der Waals surface area contributed by atoms with Crippen molar-refractivity contribution in [1.82, 2.24) is 19.7 Å². The summed E-state index contributed by atoms with van der Waals surface area (Å²) < 4.78 is 7.58. The summed E-state index contributed by atoms with van der Waals surface area (Å²) in [6.07, 6.45) is 6.65. The van der Waals surface area contributed by atoms with Crippen LogP contribution in [0.15, 0.2) is 59.4 Å². The molecular weight excluding hydrogens is 324 g/mol. The number of aromatic nitrogens is 4. The Hall–Kier alpha value is -2.95. The van der Waals surface area contributed by atoms with Gasteiger partial charge in [0.2, 0.25) is 11.7 Å². The van der Waals surface area contributed by atoms with Gasteiger partial charge in [-0.1, -0.05) is 48.3 Å². The lowest BCUT2D eigenvalue weighted by molar-refractivity contribution is 0.373. The van der Waals surface area contributed by atoms with Gasteiger partial charge in [-0.05, 0) is 36.1 Å². The smallest absolute Gasteiger partial charge is 0.226 e. The standard InChI is InChI=1S/C21H20N4O/c1-2-7-19-18(6-1)22-14-25(19)13-16-4-3-5-17(12-16)21-23-20(26-24-21)11-10-15-8-9-15/h1-7,12,14-15H,8-11,13H2. The van der Waals surface area contributed by atoms with Crippen molar-refractivity contribution in [3.8, 4) is 11.4 Å². The quantitative estimate of drug-likeness (QED) is 0.517. The normalized spacial score (nSPS) is 14.2. The zero-order chi connectivity index (χ0) is 17.3. The molecule has 1 aliphatic carbocycles. The van der Waals surface area contributed by atoms with E-state index in [4.69, 9.17) is 4.52 Å². The Bertz CT molecular complexity index is 1040. The van der Waals surface area contributed by atoms with Gasteiger partial charge in [-0.2, -0.15) is 4.98 Å². The van der Waals surface area contributed by atoms with E-state index in [9.17, 15) is 0 Å². The average molecular weight is 344 g/mol. The van der Waals surface area contributed by atoms with Gasteiger partial charge in [-0.15, -0.1) is 0 Å². The third kappa shape index (κ3) is 3.12. The van der Waals surface area contributed by atoms with Gasteiger partial charge < -0.3 is 9.09 Å². The van der Waals surface area contributed by atoms with Crippen molar-refractivity contribution < 1.29 is 4.52 Å². The molecule has 0 spiro atoms. The number of nitrogens with zero attached hydrogens (tertiary/aromatic N) is 4. The maximum atomic E-state index is 5.42. The van der Waals surface area contributed by atoms with E-state index in [1.165, 1.54) is 18.4 Å². The monoisotopic (exact) mass is 344 g/mol. The Labute approximate surface area is 151 Å². The van der Waals surface area contributed by atoms with Crippen LogP contribution in [0.5, 0.6) is 0 Å². The predicted octanol–water partition coefficient (Wildman–Crippen LogP) is 4.48. The molecule has 0 atom stereocenters. The molecule has 2 aromatic carbocycles. The zero-order valence-corrected chi connectivity index (χ0v) is 14.5. The van der Waals surface area contributed by atoms with Gasteiger partial charge >= 0.3 is 0 Å². The Morgan fingerprint density at radius 2 is 2.00 bits per heavy atom. The van der Waals surface area contributed by atoms with E-state index in [-0.39, 0.29) is 0 Å². The molecule has 0 radical (unpaired) electrons. The molecule has 5 rings (SSSR count). The Balaban J connectivity index is 1.36. The van der Waals surface area contributed by atoms with Crippen LogP contribution in [0, 0.1) is 5.92 Å². The summed E-state index contributed by atoms with van der Waals surface area (Å²) in [6.45, 7) is 0.765. The molecule has 0 aliphatic heterocycles. The maximum Gasteiger partial charge on any atom is 0.226 e. The van der Waals surface area contributed by atoms with Crippen molar-refractivity contribution in [2.24, 2.45) is 5.92 Å². The molecule has 0 saturated heterocycles. The van der Waals surface area contributed by atoms with Crippen LogP contribution in [0.3, 0.4) is 0 Å². The fraction of sp³-hybridized carbons (Fsp3) is 0.286. The number of benzene rings is 2. The largest absolute Gasteiger partial charge is 0.339 e. The third-order valence-corrected chi connectivity index (χ3v) is 5.00. The maximum absolute atomic E-state index is 5.42. The molecule has 0 unspecified atom stereocenters. The minimum Gasteiger partial charge on any atom is -0.339 e. The summed E-state index contributed by atoms with van der Waals surface area (Å²) >= 11 is 0. The number of aryl methyl sites for hydroxylation is 1. The molecule has 0 amide bonds. The van der Waals surface area contributed by atoms with Crippen molar-refractivity contribution >= 4 is 11.0 Å². The lowest BCUT2D eigenvalue weighted by Crippen LogP contribution is -1.98. The van der Waals surface area contributed by atoms with Crippen molar-refractivity contribution in [1.29, 1.82) is 0 Å². The van der Waals surface area contributed by atoms with Crippen molar-refractivity contribution in [2.75, 3.05) is 0 Å². The summed E-state index contributed by atoms with van der Waals surface area (Å²) in [6, 6.07) is 16.5. The number of imidazole rings is 1. The lowest BCUT2D eigenvalue weighted by atomic mass is 10.1. The van der Waals surface area contributed by atoms with E-state index in [0.717, 1.165) is 47.8 Å². The molecule has 4 aromatic rings. The van der Waals surface area contributed by atoms with Crippen LogP contribution in [0.4, 0.5) is 0 Å². The topological polar surface area (TPSA) is 56.7 Å². The first-order chi connectivity index (χ1) is 12.8. The van der Waals surface area contributed by atoms with E-state index < -0.39 is 0 Å². The third-order valence-electron chi connectivity index (χ3n) is 5.00. The van der Waals surface area contributed by atoms with Crippen LogP contribution in [-0.2, 0) is 13.0 Å². The minimum absolute atomic E-state index is 0.674. The molecule has 5 heteroatoms. The zero-order valence-electron chi connectivity index (χ0n) is 14.5. The summed E-state index contributed by atoms with van der Waals surface area (Å²) in [5.41, 5.74) is 4.34. The van der Waals surface area contributed by atoms with E-state index in [0.29, 0.717) is 5.82 Å². The van der Waals surface area contributed by atoms with E-state index in [2.05, 4.69) is 37.9 Å². The molecule has 2 heterocycles. The van der Waals surface area contributed by atoms with Crippen molar-refractivity contribution in [3.63, 3.8) is 0 Å². The molecule has 0 N–H and O–H groups in total. The first kappa shape index (κ1) is 15.3. The molecule has 5 nitrogen and oxygen atoms in total. The molecule has 1 aliphatic rings. The second-order valence-corrected chi connectivity index (χ2v) is 7.06. The minimum atomic E-state index is 0.674. The SMILES string of the molecule is c1cc(Cn2cnc3ccccc32)cc(-c2noc(CCC3CC3)n2)c1. The number of rotatable bonds is 6.